The third-order valence-corrected chi connectivity index (χ3v) is 2.01. The maximum absolute atomic E-state index is 11.3. The summed E-state index contributed by atoms with van der Waals surface area (Å²) in [4.78, 5) is 11.3. The van der Waals surface area contributed by atoms with Gasteiger partial charge in [0.25, 0.3) is 0 Å². The molecule has 0 saturated heterocycles. The van der Waals surface area contributed by atoms with Crippen LogP contribution in [0.1, 0.15) is 15.9 Å². The Balaban J connectivity index is 3.05. The van der Waals surface area contributed by atoms with Crippen LogP contribution in [0.4, 0.5) is 5.69 Å². The van der Waals surface area contributed by atoms with E-state index in [1.54, 1.807) is 26.3 Å². The second-order valence-corrected chi connectivity index (χ2v) is 3.09. The van der Waals surface area contributed by atoms with Gasteiger partial charge in [-0.25, -0.2) is 4.79 Å². The summed E-state index contributed by atoms with van der Waals surface area (Å²) in [5.74, 6) is -0.343. The molecule has 0 aliphatic carbocycles. The van der Waals surface area contributed by atoms with E-state index in [9.17, 15) is 4.79 Å². The molecule has 0 fully saturated rings. The number of ether oxygens (including phenoxy) is 2. The van der Waals surface area contributed by atoms with Gasteiger partial charge in [-0.3, -0.25) is 0 Å². The van der Waals surface area contributed by atoms with Gasteiger partial charge in [-0.2, -0.15) is 0 Å². The molecule has 1 rings (SSSR count). The van der Waals surface area contributed by atoms with E-state index in [-0.39, 0.29) is 5.97 Å². The summed E-state index contributed by atoms with van der Waals surface area (Å²) in [6, 6.07) is 5.43. The minimum Gasteiger partial charge on any atom is -0.465 e. The number of nitrogens with one attached hydrogen (secondary N) is 1. The van der Waals surface area contributed by atoms with Crippen molar-refractivity contribution in [1.29, 1.82) is 0 Å². The van der Waals surface area contributed by atoms with E-state index >= 15 is 0 Å². The van der Waals surface area contributed by atoms with Crippen molar-refractivity contribution in [2.75, 3.05) is 26.6 Å². The first-order chi connectivity index (χ1) is 7.21. The lowest BCUT2D eigenvalue weighted by molar-refractivity contribution is 0.0600. The van der Waals surface area contributed by atoms with Crippen LogP contribution < -0.4 is 5.32 Å². The first-order valence-corrected chi connectivity index (χ1v) is 4.60. The number of carbonyl (C=O) groups excluding carboxylic acids is 1. The van der Waals surface area contributed by atoms with Crippen LogP contribution in [0.15, 0.2) is 18.2 Å². The summed E-state index contributed by atoms with van der Waals surface area (Å²) in [7, 11) is 4.78. The molecule has 1 aromatic carbocycles. The van der Waals surface area contributed by atoms with Crippen LogP contribution in [-0.2, 0) is 16.1 Å². The number of hydrogen-bond acceptors (Lipinski definition) is 4. The quantitative estimate of drug-likeness (QED) is 0.766. The van der Waals surface area contributed by atoms with Crippen LogP contribution in [0.5, 0.6) is 0 Å². The summed E-state index contributed by atoms with van der Waals surface area (Å²) in [6.45, 7) is 0.472. The molecule has 0 bridgehead atoms. The van der Waals surface area contributed by atoms with Crippen molar-refractivity contribution >= 4 is 11.7 Å². The van der Waals surface area contributed by atoms with Gasteiger partial charge in [0.15, 0.2) is 0 Å². The summed E-state index contributed by atoms with van der Waals surface area (Å²) >= 11 is 0. The van der Waals surface area contributed by atoms with Crippen LogP contribution >= 0.6 is 0 Å². The molecular weight excluding hydrogens is 194 g/mol. The molecule has 0 aliphatic rings. The van der Waals surface area contributed by atoms with E-state index in [0.717, 1.165) is 11.3 Å². The van der Waals surface area contributed by atoms with E-state index in [1.165, 1.54) is 7.11 Å². The fraction of sp³-hybridized carbons (Fsp3) is 0.364. The van der Waals surface area contributed by atoms with Crippen molar-refractivity contribution in [1.82, 2.24) is 0 Å². The number of carbonyl (C=O) groups is 1. The maximum Gasteiger partial charge on any atom is 0.337 e. The molecule has 82 valence electrons. The van der Waals surface area contributed by atoms with Gasteiger partial charge < -0.3 is 14.8 Å². The van der Waals surface area contributed by atoms with E-state index < -0.39 is 0 Å². The van der Waals surface area contributed by atoms with E-state index in [2.05, 4.69) is 10.1 Å². The molecular formula is C11H15NO3. The second-order valence-electron chi connectivity index (χ2n) is 3.09. The molecule has 0 saturated carbocycles. The van der Waals surface area contributed by atoms with Gasteiger partial charge in [-0.15, -0.1) is 0 Å². The van der Waals surface area contributed by atoms with E-state index in [0.29, 0.717) is 12.2 Å². The highest BCUT2D eigenvalue weighted by atomic mass is 16.5. The SMILES string of the molecule is CNc1cc(COC)cc(C(=O)OC)c1. The molecule has 4 nitrogen and oxygen atoms in total. The zero-order chi connectivity index (χ0) is 11.3. The lowest BCUT2D eigenvalue weighted by Gasteiger charge is -2.07. The lowest BCUT2D eigenvalue weighted by Crippen LogP contribution is -2.04. The fourth-order valence-electron chi connectivity index (χ4n) is 1.32. The Morgan fingerprint density at radius 3 is 2.60 bits per heavy atom. The maximum atomic E-state index is 11.3. The zero-order valence-electron chi connectivity index (χ0n) is 9.16. The molecule has 0 aliphatic heterocycles. The van der Waals surface area contributed by atoms with Crippen LogP contribution in [0, 0.1) is 0 Å². The first kappa shape index (κ1) is 11.5. The Morgan fingerprint density at radius 2 is 2.07 bits per heavy atom. The monoisotopic (exact) mass is 209 g/mol. The predicted octanol–water partition coefficient (Wildman–Crippen LogP) is 1.66. The van der Waals surface area contributed by atoms with Gasteiger partial charge in [0.1, 0.15) is 0 Å². The van der Waals surface area contributed by atoms with Crippen molar-refractivity contribution in [2.24, 2.45) is 0 Å². The number of esters is 1. The van der Waals surface area contributed by atoms with Gasteiger partial charge in [0.2, 0.25) is 0 Å². The van der Waals surface area contributed by atoms with Gasteiger partial charge in [0.05, 0.1) is 19.3 Å². The molecule has 0 unspecified atom stereocenters. The Labute approximate surface area is 89.2 Å². The molecule has 1 N–H and O–H groups in total. The van der Waals surface area contributed by atoms with Crippen molar-refractivity contribution in [3.63, 3.8) is 0 Å². The fourth-order valence-corrected chi connectivity index (χ4v) is 1.32. The van der Waals surface area contributed by atoms with Crippen LogP contribution in [0.3, 0.4) is 0 Å². The van der Waals surface area contributed by atoms with Crippen molar-refractivity contribution < 1.29 is 14.3 Å². The van der Waals surface area contributed by atoms with Crippen LogP contribution in [0.2, 0.25) is 0 Å². The molecule has 0 amide bonds. The molecule has 0 aromatic heterocycles. The normalized spacial score (nSPS) is 9.80. The second kappa shape index (κ2) is 5.36. The van der Waals surface area contributed by atoms with E-state index in [1.807, 2.05) is 6.07 Å². The number of benzene rings is 1. The third kappa shape index (κ3) is 2.95. The Morgan fingerprint density at radius 1 is 1.33 bits per heavy atom. The van der Waals surface area contributed by atoms with Crippen molar-refractivity contribution in [3.05, 3.63) is 29.3 Å². The topological polar surface area (TPSA) is 47.6 Å². The molecule has 0 spiro atoms. The molecule has 0 heterocycles. The molecule has 4 heteroatoms. The van der Waals surface area contributed by atoms with E-state index in [4.69, 9.17) is 4.74 Å². The van der Waals surface area contributed by atoms with Crippen molar-refractivity contribution in [3.8, 4) is 0 Å². The predicted molar refractivity (Wildman–Crippen MR) is 58.0 cm³/mol. The Hall–Kier alpha value is -1.55. The number of anilines is 1. The number of rotatable bonds is 4. The van der Waals surface area contributed by atoms with Crippen LogP contribution in [0.25, 0.3) is 0 Å². The largest absolute Gasteiger partial charge is 0.465 e. The summed E-state index contributed by atoms with van der Waals surface area (Å²) in [5.41, 5.74) is 2.33. The van der Waals surface area contributed by atoms with Gasteiger partial charge in [0, 0.05) is 19.8 Å². The molecule has 1 aromatic rings. The molecule has 0 atom stereocenters. The average molecular weight is 209 g/mol. The van der Waals surface area contributed by atoms with Gasteiger partial charge in [-0.05, 0) is 23.8 Å². The van der Waals surface area contributed by atoms with Crippen molar-refractivity contribution in [2.45, 2.75) is 6.61 Å². The van der Waals surface area contributed by atoms with Crippen LogP contribution in [-0.4, -0.2) is 27.2 Å². The minimum atomic E-state index is -0.343. The zero-order valence-corrected chi connectivity index (χ0v) is 9.16. The van der Waals surface area contributed by atoms with Gasteiger partial charge in [-0.1, -0.05) is 0 Å². The Bertz CT molecular complexity index is 350. The number of hydrogen-bond donors (Lipinski definition) is 1. The Kier molecular flexibility index (Phi) is 4.12. The average Bonchev–Trinajstić information content (AvgIpc) is 2.28. The standard InChI is InChI=1S/C11H15NO3/c1-12-10-5-8(7-14-2)4-9(6-10)11(13)15-3/h4-6,12H,7H2,1-3H3. The summed E-state index contributed by atoms with van der Waals surface area (Å²) in [6.07, 6.45) is 0. The smallest absolute Gasteiger partial charge is 0.337 e. The summed E-state index contributed by atoms with van der Waals surface area (Å²) in [5, 5.41) is 2.98. The highest BCUT2D eigenvalue weighted by Gasteiger charge is 2.08. The molecule has 0 radical (unpaired) electrons. The first-order valence-electron chi connectivity index (χ1n) is 4.60. The molecule has 15 heavy (non-hydrogen) atoms. The summed E-state index contributed by atoms with van der Waals surface area (Å²) < 4.78 is 9.68. The van der Waals surface area contributed by atoms with Gasteiger partial charge >= 0.3 is 5.97 Å². The highest BCUT2D eigenvalue weighted by molar-refractivity contribution is 5.90. The highest BCUT2D eigenvalue weighted by Crippen LogP contribution is 2.16. The third-order valence-electron chi connectivity index (χ3n) is 2.01. The number of methoxy groups -OCH3 is 2. The minimum absolute atomic E-state index is 0.343. The lowest BCUT2D eigenvalue weighted by atomic mass is 10.1.